The van der Waals surface area contributed by atoms with Gasteiger partial charge in [0.25, 0.3) is 0 Å². The van der Waals surface area contributed by atoms with E-state index in [1.807, 2.05) is 0 Å². The van der Waals surface area contributed by atoms with Crippen LogP contribution in [0.25, 0.3) is 55.3 Å². The summed E-state index contributed by atoms with van der Waals surface area (Å²) in [6, 6.07) is 63.7. The normalized spacial score (nSPS) is 12.7. The van der Waals surface area contributed by atoms with Crippen molar-refractivity contribution in [3.63, 3.8) is 0 Å². The van der Waals surface area contributed by atoms with Gasteiger partial charge in [-0.05, 0) is 83.6 Å². The minimum atomic E-state index is 1.09. The Balaban J connectivity index is 1.17. The molecule has 0 radical (unpaired) electrons. The molecule has 1 aliphatic rings. The Morgan fingerprint density at radius 2 is 0.960 bits per heavy atom. The van der Waals surface area contributed by atoms with E-state index in [1.165, 1.54) is 60.9 Å². The third kappa shape index (κ3) is 5.32. The molecule has 9 rings (SSSR count). The van der Waals surface area contributed by atoms with Crippen LogP contribution in [0, 0.1) is 0 Å². The average molecular weight is 641 g/mol. The third-order valence-corrected chi connectivity index (χ3v) is 9.85. The van der Waals surface area contributed by atoms with Crippen LogP contribution >= 0.6 is 0 Å². The lowest BCUT2D eigenvalue weighted by Gasteiger charge is -2.28. The summed E-state index contributed by atoms with van der Waals surface area (Å²) in [5.41, 5.74) is 14.3. The predicted molar refractivity (Wildman–Crippen MR) is 213 cm³/mol. The molecule has 0 amide bonds. The first-order valence-electron chi connectivity index (χ1n) is 17.4. The molecular weight excluding hydrogens is 605 g/mol. The zero-order valence-electron chi connectivity index (χ0n) is 27.8. The van der Waals surface area contributed by atoms with E-state index in [2.05, 4.69) is 204 Å². The summed E-state index contributed by atoms with van der Waals surface area (Å²) >= 11 is 0. The van der Waals surface area contributed by atoms with E-state index < -0.39 is 0 Å². The lowest BCUT2D eigenvalue weighted by atomic mass is 9.98. The van der Waals surface area contributed by atoms with Crippen molar-refractivity contribution in [3.05, 3.63) is 200 Å². The molecule has 1 aliphatic carbocycles. The predicted octanol–water partition coefficient (Wildman–Crippen LogP) is 13.3. The maximum absolute atomic E-state index is 2.41. The van der Waals surface area contributed by atoms with Crippen molar-refractivity contribution in [2.24, 2.45) is 0 Å². The minimum Gasteiger partial charge on any atom is -0.310 e. The largest absolute Gasteiger partial charge is 0.310 e. The number of hydrogen-bond donors (Lipinski definition) is 0. The summed E-state index contributed by atoms with van der Waals surface area (Å²) in [5.74, 6) is 0. The molecule has 238 valence electrons. The van der Waals surface area contributed by atoms with E-state index in [0.29, 0.717) is 0 Å². The maximum Gasteiger partial charge on any atom is 0.0541 e. The van der Waals surface area contributed by atoms with Gasteiger partial charge in [-0.3, -0.25) is 0 Å². The number of benzene rings is 7. The van der Waals surface area contributed by atoms with Gasteiger partial charge in [0.2, 0.25) is 0 Å². The van der Waals surface area contributed by atoms with Crippen molar-refractivity contribution in [1.82, 2.24) is 4.57 Å². The van der Waals surface area contributed by atoms with Gasteiger partial charge in [0, 0.05) is 33.3 Å². The topological polar surface area (TPSA) is 8.17 Å². The summed E-state index contributed by atoms with van der Waals surface area (Å²) in [7, 11) is 0. The lowest BCUT2D eigenvalue weighted by molar-refractivity contribution is 1.04. The highest BCUT2D eigenvalue weighted by Crippen LogP contribution is 2.42. The smallest absolute Gasteiger partial charge is 0.0541 e. The van der Waals surface area contributed by atoms with Crippen molar-refractivity contribution in [1.29, 1.82) is 0 Å². The van der Waals surface area contributed by atoms with Gasteiger partial charge in [-0.25, -0.2) is 0 Å². The highest BCUT2D eigenvalue weighted by molar-refractivity contribution is 6.09. The number of aromatic nitrogens is 1. The fourth-order valence-corrected chi connectivity index (χ4v) is 7.47. The van der Waals surface area contributed by atoms with Crippen LogP contribution in [0.15, 0.2) is 194 Å². The van der Waals surface area contributed by atoms with Crippen LogP contribution in [-0.2, 0) is 0 Å². The van der Waals surface area contributed by atoms with Gasteiger partial charge in [0.15, 0.2) is 0 Å². The summed E-state index contributed by atoms with van der Waals surface area (Å²) in [5, 5.41) is 2.53. The first-order valence-corrected chi connectivity index (χ1v) is 17.4. The van der Waals surface area contributed by atoms with E-state index in [1.54, 1.807) is 0 Å². The van der Waals surface area contributed by atoms with Gasteiger partial charge >= 0.3 is 0 Å². The Morgan fingerprint density at radius 3 is 1.62 bits per heavy atom. The molecule has 0 saturated carbocycles. The van der Waals surface area contributed by atoms with Gasteiger partial charge in [-0.15, -0.1) is 0 Å². The first kappa shape index (κ1) is 29.7. The molecule has 0 atom stereocenters. The standard InChI is InChI=1S/C48H36N2/c1-3-15-35(16-4-1)36-27-31-39(32-28-36)49(45-23-11-7-19-41(45)37-17-5-2-6-18-37)40-33-29-38(30-34-40)42-20-8-12-24-46(42)50-47-25-13-9-21-43(47)44-22-10-14-26-48(44)50/h2-3,5-34H,1,4H2. The molecule has 0 N–H and O–H groups in total. The van der Waals surface area contributed by atoms with Crippen LogP contribution in [-0.4, -0.2) is 4.57 Å². The summed E-state index contributed by atoms with van der Waals surface area (Å²) in [6.07, 6.45) is 9.07. The number of allylic oxidation sites excluding steroid dienone is 4. The molecule has 0 unspecified atom stereocenters. The van der Waals surface area contributed by atoms with Crippen LogP contribution in [0.1, 0.15) is 18.4 Å². The highest BCUT2D eigenvalue weighted by Gasteiger charge is 2.19. The summed E-state index contributed by atoms with van der Waals surface area (Å²) < 4.78 is 2.41. The van der Waals surface area contributed by atoms with E-state index in [4.69, 9.17) is 0 Å². The number of nitrogens with zero attached hydrogens (tertiary/aromatic N) is 2. The van der Waals surface area contributed by atoms with Crippen molar-refractivity contribution in [3.8, 4) is 27.9 Å². The number of anilines is 3. The molecule has 0 aliphatic heterocycles. The van der Waals surface area contributed by atoms with Crippen molar-refractivity contribution in [2.45, 2.75) is 12.8 Å². The van der Waals surface area contributed by atoms with Crippen LogP contribution in [0.3, 0.4) is 0 Å². The van der Waals surface area contributed by atoms with Gasteiger partial charge in [0.1, 0.15) is 0 Å². The quantitative estimate of drug-likeness (QED) is 0.168. The Hall–Kier alpha value is -6.38. The average Bonchev–Trinajstić information content (AvgIpc) is 3.54. The molecule has 2 nitrogen and oxygen atoms in total. The molecule has 2 heteroatoms. The number of fused-ring (bicyclic) bond motifs is 3. The molecule has 0 bridgehead atoms. The number of hydrogen-bond acceptors (Lipinski definition) is 1. The van der Waals surface area contributed by atoms with Gasteiger partial charge in [0.05, 0.1) is 22.4 Å². The van der Waals surface area contributed by atoms with Crippen molar-refractivity contribution in [2.75, 3.05) is 4.90 Å². The monoisotopic (exact) mass is 640 g/mol. The second kappa shape index (κ2) is 12.9. The van der Waals surface area contributed by atoms with E-state index in [0.717, 1.165) is 29.9 Å². The third-order valence-electron chi connectivity index (χ3n) is 9.85. The molecule has 7 aromatic carbocycles. The Morgan fingerprint density at radius 1 is 0.420 bits per heavy atom. The van der Waals surface area contributed by atoms with E-state index in [9.17, 15) is 0 Å². The molecule has 0 fully saturated rings. The molecule has 8 aromatic rings. The molecule has 0 saturated heterocycles. The van der Waals surface area contributed by atoms with Crippen LogP contribution < -0.4 is 4.90 Å². The van der Waals surface area contributed by atoms with Gasteiger partial charge in [-0.1, -0.05) is 146 Å². The van der Waals surface area contributed by atoms with E-state index >= 15 is 0 Å². The van der Waals surface area contributed by atoms with Crippen molar-refractivity contribution >= 4 is 44.4 Å². The van der Waals surface area contributed by atoms with Gasteiger partial charge < -0.3 is 9.47 Å². The molecular formula is C48H36N2. The summed E-state index contributed by atoms with van der Waals surface area (Å²) in [4.78, 5) is 2.39. The second-order valence-corrected chi connectivity index (χ2v) is 12.8. The van der Waals surface area contributed by atoms with Crippen molar-refractivity contribution < 1.29 is 0 Å². The first-order chi connectivity index (χ1) is 24.8. The van der Waals surface area contributed by atoms with Crippen LogP contribution in [0.4, 0.5) is 17.1 Å². The molecule has 0 spiro atoms. The lowest BCUT2D eigenvalue weighted by Crippen LogP contribution is -2.11. The zero-order chi connectivity index (χ0) is 33.3. The molecule has 50 heavy (non-hydrogen) atoms. The van der Waals surface area contributed by atoms with E-state index in [-0.39, 0.29) is 0 Å². The fraction of sp³-hybridized carbons (Fsp3) is 0.0417. The SMILES string of the molecule is C1=CC(c2ccc(N(c3ccc(-c4ccccc4-n4c5ccccc5c5ccccc54)cc3)c3ccccc3-c3ccccc3)cc2)=CCC1. The zero-order valence-corrected chi connectivity index (χ0v) is 27.8. The highest BCUT2D eigenvalue weighted by atomic mass is 15.1. The summed E-state index contributed by atoms with van der Waals surface area (Å²) in [6.45, 7) is 0. The second-order valence-electron chi connectivity index (χ2n) is 12.8. The number of rotatable bonds is 7. The van der Waals surface area contributed by atoms with Gasteiger partial charge in [-0.2, -0.15) is 0 Å². The fourth-order valence-electron chi connectivity index (χ4n) is 7.47. The van der Waals surface area contributed by atoms with Crippen LogP contribution in [0.5, 0.6) is 0 Å². The Kier molecular flexibility index (Phi) is 7.68. The minimum absolute atomic E-state index is 1.09. The molecule has 1 heterocycles. The molecule has 1 aromatic heterocycles. The van der Waals surface area contributed by atoms with Crippen LogP contribution in [0.2, 0.25) is 0 Å². The Labute approximate surface area is 293 Å². The maximum atomic E-state index is 2.41. The number of para-hydroxylation sites is 4. The Bertz CT molecular complexity index is 2460.